The molecule has 1 aliphatic carbocycles. The van der Waals surface area contributed by atoms with Crippen molar-refractivity contribution in [2.75, 3.05) is 18.5 Å². The third kappa shape index (κ3) is 3.03. The van der Waals surface area contributed by atoms with Gasteiger partial charge in [-0.05, 0) is 38.3 Å². The summed E-state index contributed by atoms with van der Waals surface area (Å²) in [5.74, 6) is 0.367. The SMILES string of the molecule is Cc1ccc(NCC2(CO)CCCCC2)c(C)c1O. The van der Waals surface area contributed by atoms with Gasteiger partial charge in [-0.25, -0.2) is 0 Å². The Labute approximate surface area is 115 Å². The van der Waals surface area contributed by atoms with Gasteiger partial charge in [-0.3, -0.25) is 0 Å². The molecule has 3 heteroatoms. The predicted octanol–water partition coefficient (Wildman–Crippen LogP) is 3.36. The maximum atomic E-state index is 9.96. The van der Waals surface area contributed by atoms with E-state index in [2.05, 4.69) is 5.32 Å². The monoisotopic (exact) mass is 263 g/mol. The number of hydrogen-bond acceptors (Lipinski definition) is 3. The number of rotatable bonds is 4. The number of anilines is 1. The fraction of sp³-hybridized carbons (Fsp3) is 0.625. The number of benzene rings is 1. The Hall–Kier alpha value is -1.22. The number of aliphatic hydroxyl groups excluding tert-OH is 1. The Morgan fingerprint density at radius 1 is 1.16 bits per heavy atom. The Morgan fingerprint density at radius 2 is 1.84 bits per heavy atom. The first-order valence-corrected chi connectivity index (χ1v) is 7.22. The molecule has 3 nitrogen and oxygen atoms in total. The van der Waals surface area contributed by atoms with Crippen LogP contribution >= 0.6 is 0 Å². The first kappa shape index (κ1) is 14.2. The minimum absolute atomic E-state index is 0.0190. The molecule has 1 aromatic rings. The van der Waals surface area contributed by atoms with Gasteiger partial charge in [0.1, 0.15) is 5.75 Å². The number of phenolic OH excluding ortho intramolecular Hbond substituents is 1. The smallest absolute Gasteiger partial charge is 0.123 e. The van der Waals surface area contributed by atoms with Crippen molar-refractivity contribution in [1.29, 1.82) is 0 Å². The van der Waals surface area contributed by atoms with Crippen LogP contribution in [-0.2, 0) is 0 Å². The molecule has 0 bridgehead atoms. The summed E-state index contributed by atoms with van der Waals surface area (Å²) < 4.78 is 0. The molecule has 2 rings (SSSR count). The summed E-state index contributed by atoms with van der Waals surface area (Å²) in [6, 6.07) is 3.94. The van der Waals surface area contributed by atoms with E-state index in [0.29, 0.717) is 5.75 Å². The minimum Gasteiger partial charge on any atom is -0.507 e. The Balaban J connectivity index is 2.07. The van der Waals surface area contributed by atoms with Crippen LogP contribution in [0.25, 0.3) is 0 Å². The lowest BCUT2D eigenvalue weighted by Crippen LogP contribution is -2.35. The maximum Gasteiger partial charge on any atom is 0.123 e. The molecular weight excluding hydrogens is 238 g/mol. The third-order valence-corrected chi connectivity index (χ3v) is 4.54. The number of aliphatic hydroxyl groups is 1. The molecule has 0 saturated heterocycles. The lowest BCUT2D eigenvalue weighted by Gasteiger charge is -2.36. The lowest BCUT2D eigenvalue weighted by atomic mass is 9.74. The number of aryl methyl sites for hydroxylation is 1. The highest BCUT2D eigenvalue weighted by molar-refractivity contribution is 5.59. The van der Waals surface area contributed by atoms with Crippen LogP contribution in [0.5, 0.6) is 5.75 Å². The van der Waals surface area contributed by atoms with Gasteiger partial charge in [-0.2, -0.15) is 0 Å². The van der Waals surface area contributed by atoms with Crippen LogP contribution in [0.15, 0.2) is 12.1 Å². The van der Waals surface area contributed by atoms with Gasteiger partial charge >= 0.3 is 0 Å². The standard InChI is InChI=1S/C16H25NO2/c1-12-6-7-14(13(2)15(12)19)17-10-16(11-18)8-4-3-5-9-16/h6-7,17-19H,3-5,8-11H2,1-2H3. The molecule has 106 valence electrons. The second-order valence-electron chi connectivity index (χ2n) is 5.98. The molecule has 1 saturated carbocycles. The maximum absolute atomic E-state index is 9.96. The molecule has 0 unspecified atom stereocenters. The van der Waals surface area contributed by atoms with Gasteiger partial charge in [0, 0.05) is 23.2 Å². The van der Waals surface area contributed by atoms with E-state index >= 15 is 0 Å². The zero-order chi connectivity index (χ0) is 13.9. The van der Waals surface area contributed by atoms with Gasteiger partial charge in [-0.15, -0.1) is 0 Å². The summed E-state index contributed by atoms with van der Waals surface area (Å²) in [4.78, 5) is 0. The summed E-state index contributed by atoms with van der Waals surface area (Å²) in [5, 5.41) is 23.1. The lowest BCUT2D eigenvalue weighted by molar-refractivity contribution is 0.0944. The number of aromatic hydroxyl groups is 1. The van der Waals surface area contributed by atoms with Crippen molar-refractivity contribution in [2.45, 2.75) is 46.0 Å². The highest BCUT2D eigenvalue weighted by Crippen LogP contribution is 2.37. The molecule has 0 atom stereocenters. The predicted molar refractivity (Wildman–Crippen MR) is 78.7 cm³/mol. The van der Waals surface area contributed by atoms with Crippen LogP contribution in [0.4, 0.5) is 5.69 Å². The molecule has 0 aliphatic heterocycles. The van der Waals surface area contributed by atoms with E-state index < -0.39 is 0 Å². The fourth-order valence-electron chi connectivity index (χ4n) is 3.00. The second-order valence-corrected chi connectivity index (χ2v) is 5.98. The molecule has 3 N–H and O–H groups in total. The van der Waals surface area contributed by atoms with Crippen molar-refractivity contribution < 1.29 is 10.2 Å². The Morgan fingerprint density at radius 3 is 2.47 bits per heavy atom. The summed E-state index contributed by atoms with van der Waals surface area (Å²) in [7, 11) is 0. The first-order valence-electron chi connectivity index (χ1n) is 7.22. The highest BCUT2D eigenvalue weighted by Gasteiger charge is 2.31. The zero-order valence-corrected chi connectivity index (χ0v) is 12.0. The van der Waals surface area contributed by atoms with Crippen LogP contribution in [0.3, 0.4) is 0 Å². The van der Waals surface area contributed by atoms with Gasteiger partial charge < -0.3 is 15.5 Å². The van der Waals surface area contributed by atoms with Gasteiger partial charge in [0.25, 0.3) is 0 Å². The highest BCUT2D eigenvalue weighted by atomic mass is 16.3. The van der Waals surface area contributed by atoms with E-state index in [1.54, 1.807) is 0 Å². The largest absolute Gasteiger partial charge is 0.507 e. The van der Waals surface area contributed by atoms with E-state index in [1.165, 1.54) is 19.3 Å². The average molecular weight is 263 g/mol. The van der Waals surface area contributed by atoms with Crippen LogP contribution in [0, 0.1) is 19.3 Å². The quantitative estimate of drug-likeness (QED) is 0.780. The van der Waals surface area contributed by atoms with Crippen molar-refractivity contribution in [3.05, 3.63) is 23.3 Å². The van der Waals surface area contributed by atoms with E-state index in [4.69, 9.17) is 0 Å². The molecule has 0 aromatic heterocycles. The third-order valence-electron chi connectivity index (χ3n) is 4.54. The molecule has 1 aromatic carbocycles. The Kier molecular flexibility index (Phi) is 4.35. The van der Waals surface area contributed by atoms with Crippen molar-refractivity contribution in [1.82, 2.24) is 0 Å². The fourth-order valence-corrected chi connectivity index (χ4v) is 3.00. The van der Waals surface area contributed by atoms with Crippen LogP contribution in [0.2, 0.25) is 0 Å². The number of hydrogen-bond donors (Lipinski definition) is 3. The molecule has 0 amide bonds. The zero-order valence-electron chi connectivity index (χ0n) is 12.0. The molecule has 0 spiro atoms. The minimum atomic E-state index is 0.0190. The summed E-state index contributed by atoms with van der Waals surface area (Å²) in [6.45, 7) is 4.86. The van der Waals surface area contributed by atoms with Gasteiger partial charge in [0.15, 0.2) is 0 Å². The summed E-state index contributed by atoms with van der Waals surface area (Å²) in [6.07, 6.45) is 5.88. The molecule has 1 fully saturated rings. The number of nitrogens with one attached hydrogen (secondary N) is 1. The van der Waals surface area contributed by atoms with E-state index in [1.807, 2.05) is 26.0 Å². The first-order chi connectivity index (χ1) is 9.08. The van der Waals surface area contributed by atoms with Crippen molar-refractivity contribution in [3.8, 4) is 5.75 Å². The average Bonchev–Trinajstić information content (AvgIpc) is 2.45. The van der Waals surface area contributed by atoms with Gasteiger partial charge in [-0.1, -0.05) is 25.3 Å². The summed E-state index contributed by atoms with van der Waals surface area (Å²) >= 11 is 0. The van der Waals surface area contributed by atoms with Gasteiger partial charge in [0.05, 0.1) is 6.61 Å². The van der Waals surface area contributed by atoms with Crippen LogP contribution < -0.4 is 5.32 Å². The van der Waals surface area contributed by atoms with Crippen LogP contribution in [-0.4, -0.2) is 23.4 Å². The molecular formula is C16H25NO2. The molecule has 1 aliphatic rings. The summed E-state index contributed by atoms with van der Waals surface area (Å²) in [5.41, 5.74) is 2.79. The van der Waals surface area contributed by atoms with E-state index in [9.17, 15) is 10.2 Å². The van der Waals surface area contributed by atoms with Crippen molar-refractivity contribution in [3.63, 3.8) is 0 Å². The topological polar surface area (TPSA) is 52.5 Å². The second kappa shape index (κ2) is 5.83. The van der Waals surface area contributed by atoms with Crippen LogP contribution in [0.1, 0.15) is 43.2 Å². The van der Waals surface area contributed by atoms with Crippen molar-refractivity contribution >= 4 is 5.69 Å². The van der Waals surface area contributed by atoms with E-state index in [0.717, 1.165) is 36.2 Å². The van der Waals surface area contributed by atoms with Crippen molar-refractivity contribution in [2.24, 2.45) is 5.41 Å². The Bertz CT molecular complexity index is 437. The van der Waals surface area contributed by atoms with E-state index in [-0.39, 0.29) is 12.0 Å². The normalized spacial score (nSPS) is 18.3. The molecule has 19 heavy (non-hydrogen) atoms. The molecule has 0 radical (unpaired) electrons. The number of phenols is 1. The van der Waals surface area contributed by atoms with Gasteiger partial charge in [0.2, 0.25) is 0 Å². The molecule has 0 heterocycles.